The summed E-state index contributed by atoms with van der Waals surface area (Å²) in [5, 5.41) is 9.40. The lowest BCUT2D eigenvalue weighted by Crippen LogP contribution is -2.44. The van der Waals surface area contributed by atoms with E-state index in [4.69, 9.17) is 16.3 Å². The van der Waals surface area contributed by atoms with E-state index in [0.29, 0.717) is 37.2 Å². The molecule has 0 radical (unpaired) electrons. The van der Waals surface area contributed by atoms with Crippen LogP contribution in [0.3, 0.4) is 0 Å². The van der Waals surface area contributed by atoms with Crippen molar-refractivity contribution in [3.05, 3.63) is 34.6 Å². The molecular weight excluding hydrogens is 486 g/mol. The van der Waals surface area contributed by atoms with Gasteiger partial charge in [0.25, 0.3) is 0 Å². The summed E-state index contributed by atoms with van der Waals surface area (Å²) >= 11 is 6.18. The van der Waals surface area contributed by atoms with Gasteiger partial charge in [0.15, 0.2) is 5.96 Å². The van der Waals surface area contributed by atoms with Crippen LogP contribution in [-0.4, -0.2) is 51.8 Å². The van der Waals surface area contributed by atoms with Crippen molar-refractivity contribution in [3.8, 4) is 0 Å². The molecule has 6 nitrogen and oxygen atoms in total. The lowest BCUT2D eigenvalue weighted by Gasteiger charge is -2.27. The van der Waals surface area contributed by atoms with Crippen LogP contribution in [0.25, 0.3) is 0 Å². The van der Waals surface area contributed by atoms with Crippen molar-refractivity contribution in [2.24, 2.45) is 4.99 Å². The average Bonchev–Trinajstić information content (AvgIpc) is 2.57. The third kappa shape index (κ3) is 9.57. The number of hydrogen-bond acceptors (Lipinski definition) is 3. The number of ether oxygens (including phenoxy) is 1. The van der Waals surface area contributed by atoms with Crippen molar-refractivity contribution in [2.75, 3.05) is 39.9 Å². The normalized spacial score (nSPS) is 11.6. The summed E-state index contributed by atoms with van der Waals surface area (Å²) < 4.78 is 18.1. The van der Waals surface area contributed by atoms with E-state index in [1.54, 1.807) is 13.2 Å². The van der Waals surface area contributed by atoms with Crippen molar-refractivity contribution < 1.29 is 13.9 Å². The number of carbonyl (C=O) groups is 1. The van der Waals surface area contributed by atoms with E-state index in [-0.39, 0.29) is 47.7 Å². The minimum absolute atomic E-state index is 0. The molecule has 0 fully saturated rings. The maximum atomic E-state index is 13.3. The van der Waals surface area contributed by atoms with Crippen LogP contribution in [-0.2, 0) is 14.9 Å². The van der Waals surface area contributed by atoms with Crippen molar-refractivity contribution in [3.63, 3.8) is 0 Å². The van der Waals surface area contributed by atoms with Crippen molar-refractivity contribution in [2.45, 2.75) is 26.2 Å². The number of aliphatic imine (C=N–C) groups is 1. The van der Waals surface area contributed by atoms with Gasteiger partial charge in [-0.05, 0) is 24.6 Å². The molecule has 0 unspecified atom stereocenters. The molecule has 0 atom stereocenters. The molecule has 0 aliphatic heterocycles. The molecule has 0 spiro atoms. The Balaban J connectivity index is 0.00000676. The number of halogens is 3. The molecule has 0 aromatic heterocycles. The Hall–Kier alpha value is -1.13. The van der Waals surface area contributed by atoms with E-state index in [1.807, 2.05) is 20.8 Å². The van der Waals surface area contributed by atoms with Crippen LogP contribution in [0.2, 0.25) is 5.02 Å². The first-order valence-corrected chi connectivity index (χ1v) is 8.91. The van der Waals surface area contributed by atoms with Gasteiger partial charge in [0.05, 0.1) is 6.61 Å². The highest BCUT2D eigenvalue weighted by Gasteiger charge is 2.24. The highest BCUT2D eigenvalue weighted by molar-refractivity contribution is 14.0. The third-order valence-corrected chi connectivity index (χ3v) is 4.02. The highest BCUT2D eigenvalue weighted by atomic mass is 127. The van der Waals surface area contributed by atoms with Crippen LogP contribution >= 0.6 is 35.6 Å². The minimum atomic E-state index is -0.364. The summed E-state index contributed by atoms with van der Waals surface area (Å²) in [6, 6.07) is 4.39. The molecule has 27 heavy (non-hydrogen) atoms. The highest BCUT2D eigenvalue weighted by Crippen LogP contribution is 2.29. The fourth-order valence-corrected chi connectivity index (χ4v) is 2.70. The Labute approximate surface area is 182 Å². The van der Waals surface area contributed by atoms with Gasteiger partial charge in [0, 0.05) is 37.2 Å². The second-order valence-electron chi connectivity index (χ2n) is 6.40. The molecule has 1 rings (SSSR count). The molecule has 1 amide bonds. The van der Waals surface area contributed by atoms with Gasteiger partial charge in [-0.15, -0.1) is 24.0 Å². The predicted molar refractivity (Wildman–Crippen MR) is 119 cm³/mol. The van der Waals surface area contributed by atoms with Gasteiger partial charge in [-0.25, -0.2) is 9.38 Å². The number of nitrogens with one attached hydrogen (secondary N) is 3. The standard InChI is InChI=1S/C18H28ClFN4O2.HI/c1-5-21-17(23-11-16(25)22-8-9-26-4)24-12-18(2,3)14-7-6-13(20)10-15(14)19;/h6-7,10H,5,8-9,11-12H2,1-4H3,(H,22,25)(H2,21,23,24);1H. The Morgan fingerprint density at radius 1 is 1.30 bits per heavy atom. The molecule has 0 aliphatic rings. The zero-order valence-corrected chi connectivity index (χ0v) is 19.3. The Kier molecular flexibility index (Phi) is 12.6. The van der Waals surface area contributed by atoms with E-state index in [9.17, 15) is 9.18 Å². The maximum Gasteiger partial charge on any atom is 0.241 e. The fraction of sp³-hybridized carbons (Fsp3) is 0.556. The van der Waals surface area contributed by atoms with E-state index < -0.39 is 0 Å². The lowest BCUT2D eigenvalue weighted by molar-refractivity contribution is -0.119. The molecule has 1 aromatic rings. The SMILES string of the molecule is CCNC(=NCC(=O)NCCOC)NCC(C)(C)c1ccc(F)cc1Cl.I. The molecule has 9 heteroatoms. The number of guanidine groups is 1. The Morgan fingerprint density at radius 3 is 2.59 bits per heavy atom. The average molecular weight is 515 g/mol. The first-order chi connectivity index (χ1) is 12.3. The minimum Gasteiger partial charge on any atom is -0.383 e. The largest absolute Gasteiger partial charge is 0.383 e. The van der Waals surface area contributed by atoms with Gasteiger partial charge in [-0.3, -0.25) is 4.79 Å². The number of carbonyl (C=O) groups excluding carboxylic acids is 1. The zero-order valence-electron chi connectivity index (χ0n) is 16.2. The van der Waals surface area contributed by atoms with Gasteiger partial charge in [0.2, 0.25) is 5.91 Å². The molecule has 0 aliphatic carbocycles. The van der Waals surface area contributed by atoms with Crippen LogP contribution in [0.4, 0.5) is 4.39 Å². The first kappa shape index (κ1) is 25.9. The lowest BCUT2D eigenvalue weighted by atomic mass is 9.84. The molecule has 3 N–H and O–H groups in total. The number of nitrogens with zero attached hydrogens (tertiary/aromatic N) is 1. The smallest absolute Gasteiger partial charge is 0.241 e. The van der Waals surface area contributed by atoms with Gasteiger partial charge in [-0.1, -0.05) is 31.5 Å². The second kappa shape index (κ2) is 13.1. The van der Waals surface area contributed by atoms with Crippen LogP contribution in [0.5, 0.6) is 0 Å². The summed E-state index contributed by atoms with van der Waals surface area (Å²) in [4.78, 5) is 16.0. The van der Waals surface area contributed by atoms with Crippen LogP contribution in [0.15, 0.2) is 23.2 Å². The molecule has 154 valence electrons. The number of rotatable bonds is 9. The monoisotopic (exact) mass is 514 g/mol. The molecule has 0 saturated heterocycles. The van der Waals surface area contributed by atoms with Crippen molar-refractivity contribution in [1.29, 1.82) is 0 Å². The van der Waals surface area contributed by atoms with E-state index in [2.05, 4.69) is 20.9 Å². The predicted octanol–water partition coefficient (Wildman–Crippen LogP) is 2.69. The van der Waals surface area contributed by atoms with Crippen molar-refractivity contribution in [1.82, 2.24) is 16.0 Å². The van der Waals surface area contributed by atoms with E-state index in [0.717, 1.165) is 5.56 Å². The van der Waals surface area contributed by atoms with Gasteiger partial charge in [0.1, 0.15) is 12.4 Å². The maximum absolute atomic E-state index is 13.3. The summed E-state index contributed by atoms with van der Waals surface area (Å²) in [6.45, 7) is 8.03. The summed E-state index contributed by atoms with van der Waals surface area (Å²) in [5.74, 6) is -0.0160. The van der Waals surface area contributed by atoms with Crippen LogP contribution in [0.1, 0.15) is 26.3 Å². The quantitative estimate of drug-likeness (QED) is 0.205. The summed E-state index contributed by atoms with van der Waals surface area (Å²) in [5.41, 5.74) is 0.475. The molecular formula is C18H29ClFIN4O2. The van der Waals surface area contributed by atoms with Gasteiger partial charge < -0.3 is 20.7 Å². The van der Waals surface area contributed by atoms with E-state index in [1.165, 1.54) is 12.1 Å². The fourth-order valence-electron chi connectivity index (χ4n) is 2.28. The molecule has 0 saturated carbocycles. The second-order valence-corrected chi connectivity index (χ2v) is 6.81. The summed E-state index contributed by atoms with van der Waals surface area (Å²) in [7, 11) is 1.58. The van der Waals surface area contributed by atoms with Gasteiger partial charge >= 0.3 is 0 Å². The molecule has 0 heterocycles. The van der Waals surface area contributed by atoms with Gasteiger partial charge in [-0.2, -0.15) is 0 Å². The summed E-state index contributed by atoms with van der Waals surface area (Å²) in [6.07, 6.45) is 0. The van der Waals surface area contributed by atoms with E-state index >= 15 is 0 Å². The van der Waals surface area contributed by atoms with Crippen LogP contribution < -0.4 is 16.0 Å². The number of methoxy groups -OCH3 is 1. The number of benzene rings is 1. The Morgan fingerprint density at radius 2 is 2.00 bits per heavy atom. The molecule has 0 bridgehead atoms. The Bertz CT molecular complexity index is 629. The number of amides is 1. The number of hydrogen-bond donors (Lipinski definition) is 3. The first-order valence-electron chi connectivity index (χ1n) is 8.53. The van der Waals surface area contributed by atoms with Crippen LogP contribution in [0, 0.1) is 5.82 Å². The van der Waals surface area contributed by atoms with Crippen molar-refractivity contribution >= 4 is 47.4 Å². The zero-order chi connectivity index (χ0) is 19.6. The third-order valence-electron chi connectivity index (χ3n) is 3.71. The molecule has 1 aromatic carbocycles. The topological polar surface area (TPSA) is 74.8 Å².